The van der Waals surface area contributed by atoms with Crippen LogP contribution in [0, 0.1) is 0 Å². The summed E-state index contributed by atoms with van der Waals surface area (Å²) in [5.41, 5.74) is 0. The van der Waals surface area contributed by atoms with Crippen molar-refractivity contribution in [3.63, 3.8) is 0 Å². The summed E-state index contributed by atoms with van der Waals surface area (Å²) in [4.78, 5) is 0. The topological polar surface area (TPSA) is 0 Å². The molecule has 0 aromatic heterocycles. The Kier molecular flexibility index (Phi) is 160. The van der Waals surface area contributed by atoms with Gasteiger partial charge in [-0.1, -0.05) is 0 Å². The minimum Gasteiger partial charge on any atom is 0 e. The third-order valence-corrected chi connectivity index (χ3v) is 0. The second kappa shape index (κ2) is 18.7. The van der Waals surface area contributed by atoms with Gasteiger partial charge in [0.1, 0.15) is 0 Å². The van der Waals surface area contributed by atoms with E-state index in [9.17, 15) is 0 Å². The van der Waals surface area contributed by atoms with Gasteiger partial charge in [-0.25, -0.2) is 0 Å². The van der Waals surface area contributed by atoms with E-state index in [1.54, 1.807) is 0 Å². The minimum atomic E-state index is 0. The summed E-state index contributed by atoms with van der Waals surface area (Å²) in [5.74, 6) is 0. The molecule has 0 atom stereocenters. The molecule has 0 N–H and O–H groups in total. The molecule has 0 aromatic rings. The first-order valence-corrected chi connectivity index (χ1v) is 0. The maximum Gasteiger partial charge on any atom is 0 e. The fraction of sp³-hybridized carbons (Fsp3) is 0. The summed E-state index contributed by atoms with van der Waals surface area (Å²) in [6, 6.07) is 0. The normalized spacial score (nSPS) is 0. The molecule has 0 saturated carbocycles. The van der Waals surface area contributed by atoms with Gasteiger partial charge in [0.05, 0.1) is 0 Å². The molecule has 0 saturated heterocycles. The molecule has 4 heteroatoms. The van der Waals surface area contributed by atoms with E-state index < -0.39 is 0 Å². The van der Waals surface area contributed by atoms with E-state index in [-0.39, 0.29) is 72.3 Å². The van der Waals surface area contributed by atoms with Crippen molar-refractivity contribution in [1.29, 1.82) is 0 Å². The third-order valence-electron chi connectivity index (χ3n) is 0. The first-order valence-electron chi connectivity index (χ1n) is 0. The molecule has 0 bridgehead atoms. The summed E-state index contributed by atoms with van der Waals surface area (Å²) >= 11 is 0. The van der Waals surface area contributed by atoms with E-state index in [4.69, 9.17) is 0 Å². The van der Waals surface area contributed by atoms with Crippen LogP contribution < -0.4 is 0 Å². The van der Waals surface area contributed by atoms with Gasteiger partial charge in [0.2, 0.25) is 0 Å². The molecule has 3 radical (unpaired) electrons. The molecule has 0 rings (SSSR count). The van der Waals surface area contributed by atoms with Crippen LogP contribution in [0.2, 0.25) is 0 Å². The van der Waals surface area contributed by atoms with Crippen LogP contribution >= 0.6 is 0 Å². The Morgan fingerprint density at radius 3 is 1.00 bits per heavy atom. The molecule has 0 heterocycles. The molecule has 4 heavy (non-hydrogen) atoms. The molecular weight excluding hydrogens is 333 g/mol. The smallest absolute Gasteiger partial charge is 0 e. The Bertz CT molecular complexity index is 8.00. The average Bonchev–Trinajstić information content (AvgIpc) is 0. The van der Waals surface area contributed by atoms with Crippen molar-refractivity contribution >= 4 is 17.4 Å². The molecule has 0 amide bonds. The zero-order valence-electron chi connectivity index (χ0n) is 1.62. The quantitative estimate of drug-likeness (QED) is 0.530. The van der Waals surface area contributed by atoms with Gasteiger partial charge >= 0.3 is 0 Å². The molecule has 0 aliphatic heterocycles. The largest absolute Gasteiger partial charge is 0 e. The third kappa shape index (κ3) is 8.87. The van der Waals surface area contributed by atoms with Crippen LogP contribution in [0.15, 0.2) is 0 Å². The van der Waals surface area contributed by atoms with Crippen LogP contribution in [0.25, 0.3) is 0 Å². The molecule has 29 valence electrons. The van der Waals surface area contributed by atoms with Crippen molar-refractivity contribution in [2.75, 3.05) is 0 Å². The predicted octanol–water partition coefficient (Wildman–Crippen LogP) is -0.388. The van der Waals surface area contributed by atoms with Gasteiger partial charge in [0, 0.05) is 72.3 Å². The Balaban J connectivity index is 0. The first-order chi connectivity index (χ1) is 0. The van der Waals surface area contributed by atoms with Crippen molar-refractivity contribution in [3.05, 3.63) is 0 Å². The average molecular weight is 333 g/mol. The zero-order chi connectivity index (χ0) is 0. The summed E-state index contributed by atoms with van der Waals surface area (Å²) in [7, 11) is 0. The van der Waals surface area contributed by atoms with Gasteiger partial charge in [-0.2, -0.15) is 0 Å². The minimum absolute atomic E-state index is 0. The molecule has 0 aliphatic carbocycles. The second-order valence-corrected chi connectivity index (χ2v) is 0. The van der Waals surface area contributed by atoms with Crippen LogP contribution in [-0.4, -0.2) is 17.4 Å². The van der Waals surface area contributed by atoms with E-state index in [0.717, 1.165) is 0 Å². The fourth-order valence-electron chi connectivity index (χ4n) is 0. The van der Waals surface area contributed by atoms with Gasteiger partial charge < -0.3 is 0 Å². The Labute approximate surface area is 71.6 Å². The van der Waals surface area contributed by atoms with E-state index in [1.807, 2.05) is 0 Å². The Morgan fingerprint density at radius 2 is 1.00 bits per heavy atom. The Hall–Kier alpha value is 2.25. The SMILES string of the molecule is [Al].[Cr].[Ni].[Pt]. The van der Waals surface area contributed by atoms with Crippen molar-refractivity contribution in [3.8, 4) is 0 Å². The molecular formula is AlCrNiPt. The summed E-state index contributed by atoms with van der Waals surface area (Å²) in [6.45, 7) is 0. The van der Waals surface area contributed by atoms with Gasteiger partial charge in [0.15, 0.2) is 0 Å². The van der Waals surface area contributed by atoms with E-state index in [0.29, 0.717) is 0 Å². The van der Waals surface area contributed by atoms with Gasteiger partial charge in [-0.15, -0.1) is 0 Å². The van der Waals surface area contributed by atoms with E-state index in [2.05, 4.69) is 0 Å². The molecule has 0 spiro atoms. The van der Waals surface area contributed by atoms with Crippen LogP contribution in [0.4, 0.5) is 0 Å². The predicted molar refractivity (Wildman–Crippen MR) is 5.75 cm³/mol. The van der Waals surface area contributed by atoms with Crippen LogP contribution in [0.1, 0.15) is 0 Å². The van der Waals surface area contributed by atoms with Crippen LogP contribution in [0.5, 0.6) is 0 Å². The maximum absolute atomic E-state index is 0. The number of rotatable bonds is 0. The zero-order valence-corrected chi connectivity index (χ0v) is 7.31. The number of hydrogen-bond acceptors (Lipinski definition) is 0. The Morgan fingerprint density at radius 1 is 1.00 bits per heavy atom. The summed E-state index contributed by atoms with van der Waals surface area (Å²) in [6.07, 6.45) is 0. The summed E-state index contributed by atoms with van der Waals surface area (Å²) < 4.78 is 0. The van der Waals surface area contributed by atoms with E-state index >= 15 is 0 Å². The van der Waals surface area contributed by atoms with Gasteiger partial charge in [0.25, 0.3) is 0 Å². The standard InChI is InChI=1S/Al.Cr.Ni.Pt. The monoisotopic (exact) mass is 332 g/mol. The number of hydrogen-bond donors (Lipinski definition) is 0. The second-order valence-electron chi connectivity index (χ2n) is 0. The molecule has 0 nitrogen and oxygen atoms in total. The van der Waals surface area contributed by atoms with E-state index in [1.165, 1.54) is 0 Å². The molecule has 0 unspecified atom stereocenters. The fourth-order valence-corrected chi connectivity index (χ4v) is 0. The first kappa shape index (κ1) is 34.1. The van der Waals surface area contributed by atoms with Gasteiger partial charge in [-0.05, 0) is 0 Å². The van der Waals surface area contributed by atoms with Crippen molar-refractivity contribution in [1.82, 2.24) is 0 Å². The van der Waals surface area contributed by atoms with Gasteiger partial charge in [-0.3, -0.25) is 0 Å². The van der Waals surface area contributed by atoms with Crippen molar-refractivity contribution in [2.24, 2.45) is 0 Å². The van der Waals surface area contributed by atoms with Crippen LogP contribution in [0.3, 0.4) is 0 Å². The molecule has 0 aromatic carbocycles. The summed E-state index contributed by atoms with van der Waals surface area (Å²) in [5, 5.41) is 0. The van der Waals surface area contributed by atoms with Crippen LogP contribution in [-0.2, 0) is 54.9 Å². The maximum atomic E-state index is 0. The van der Waals surface area contributed by atoms with Crippen molar-refractivity contribution < 1.29 is 54.9 Å². The van der Waals surface area contributed by atoms with Crippen molar-refractivity contribution in [2.45, 2.75) is 0 Å². The molecule has 0 fully saturated rings. The molecule has 0 aliphatic rings.